The van der Waals surface area contributed by atoms with Gasteiger partial charge in [-0.1, -0.05) is 29.3 Å². The molecular formula is C18H14Cl2N2O4. The highest BCUT2D eigenvalue weighted by atomic mass is 35.5. The first-order chi connectivity index (χ1) is 12.4. The Labute approximate surface area is 159 Å². The number of hydrogen-bond acceptors (Lipinski definition) is 3. The smallest absolute Gasteiger partial charge is 0.335 e. The summed E-state index contributed by atoms with van der Waals surface area (Å²) in [6, 6.07) is 10.8. The van der Waals surface area contributed by atoms with Crippen molar-refractivity contribution in [2.75, 3.05) is 16.8 Å². The van der Waals surface area contributed by atoms with E-state index in [1.54, 1.807) is 18.2 Å². The lowest BCUT2D eigenvalue weighted by atomic mass is 10.1. The lowest BCUT2D eigenvalue weighted by Gasteiger charge is -2.18. The first-order valence-electron chi connectivity index (χ1n) is 7.75. The standard InChI is InChI=1S/C18H14Cl2N2O4/c19-13-2-1-3-14(16(13)20)22-9-11(8-15(22)23)17(24)21-12-6-4-10(5-7-12)18(25)26/h1-7,11H,8-9H2,(H,21,24)(H,25,26)/t11-/m1/s1. The Kier molecular flexibility index (Phi) is 5.15. The molecule has 1 atom stereocenters. The molecule has 0 bridgehead atoms. The van der Waals surface area contributed by atoms with Crippen molar-refractivity contribution in [2.24, 2.45) is 5.92 Å². The number of anilines is 2. The normalized spacial score (nSPS) is 16.6. The summed E-state index contributed by atoms with van der Waals surface area (Å²) in [5.74, 6) is -2.12. The van der Waals surface area contributed by atoms with Crippen molar-refractivity contribution < 1.29 is 19.5 Å². The van der Waals surface area contributed by atoms with Gasteiger partial charge in [0.25, 0.3) is 0 Å². The van der Waals surface area contributed by atoms with Crippen LogP contribution in [0.15, 0.2) is 42.5 Å². The van der Waals surface area contributed by atoms with Crippen LogP contribution in [0.3, 0.4) is 0 Å². The molecule has 1 aliphatic heterocycles. The average molecular weight is 393 g/mol. The van der Waals surface area contributed by atoms with Gasteiger partial charge in [0, 0.05) is 18.7 Å². The molecule has 8 heteroatoms. The van der Waals surface area contributed by atoms with Crippen molar-refractivity contribution in [3.8, 4) is 0 Å². The summed E-state index contributed by atoms with van der Waals surface area (Å²) >= 11 is 12.2. The summed E-state index contributed by atoms with van der Waals surface area (Å²) < 4.78 is 0. The highest BCUT2D eigenvalue weighted by Crippen LogP contribution is 2.35. The first-order valence-corrected chi connectivity index (χ1v) is 8.51. The fourth-order valence-corrected chi connectivity index (χ4v) is 3.15. The maximum Gasteiger partial charge on any atom is 0.335 e. The number of nitrogens with zero attached hydrogens (tertiary/aromatic N) is 1. The topological polar surface area (TPSA) is 86.7 Å². The zero-order chi connectivity index (χ0) is 18.8. The van der Waals surface area contributed by atoms with E-state index in [4.69, 9.17) is 28.3 Å². The number of halogens is 2. The molecule has 134 valence electrons. The molecule has 0 unspecified atom stereocenters. The molecular weight excluding hydrogens is 379 g/mol. The molecule has 0 aromatic heterocycles. The number of nitrogens with one attached hydrogen (secondary N) is 1. The van der Waals surface area contributed by atoms with E-state index in [0.717, 1.165) is 0 Å². The van der Waals surface area contributed by atoms with Gasteiger partial charge in [-0.05, 0) is 36.4 Å². The van der Waals surface area contributed by atoms with E-state index in [-0.39, 0.29) is 35.4 Å². The summed E-state index contributed by atoms with van der Waals surface area (Å²) in [7, 11) is 0. The van der Waals surface area contributed by atoms with Crippen LogP contribution in [0.5, 0.6) is 0 Å². The number of hydrogen-bond donors (Lipinski definition) is 2. The fourth-order valence-electron chi connectivity index (χ4n) is 2.76. The predicted molar refractivity (Wildman–Crippen MR) is 99.0 cm³/mol. The molecule has 2 amide bonds. The molecule has 1 saturated heterocycles. The van der Waals surface area contributed by atoms with Gasteiger partial charge in [-0.2, -0.15) is 0 Å². The molecule has 26 heavy (non-hydrogen) atoms. The number of benzene rings is 2. The van der Waals surface area contributed by atoms with Crippen LogP contribution in [0.25, 0.3) is 0 Å². The van der Waals surface area contributed by atoms with Gasteiger partial charge in [-0.3, -0.25) is 9.59 Å². The van der Waals surface area contributed by atoms with Crippen LogP contribution in [0, 0.1) is 5.92 Å². The molecule has 2 N–H and O–H groups in total. The maximum absolute atomic E-state index is 12.4. The quantitative estimate of drug-likeness (QED) is 0.830. The van der Waals surface area contributed by atoms with Crippen LogP contribution >= 0.6 is 23.2 Å². The number of carbonyl (C=O) groups excluding carboxylic acids is 2. The predicted octanol–water partition coefficient (Wildman–Crippen LogP) is 3.68. The minimum absolute atomic E-state index is 0.0574. The number of carboxylic acids is 1. The Hall–Kier alpha value is -2.57. The minimum atomic E-state index is -1.04. The second kappa shape index (κ2) is 7.35. The van der Waals surface area contributed by atoms with E-state index in [1.165, 1.54) is 29.2 Å². The molecule has 1 fully saturated rings. The molecule has 6 nitrogen and oxygen atoms in total. The highest BCUT2D eigenvalue weighted by molar-refractivity contribution is 6.44. The highest BCUT2D eigenvalue weighted by Gasteiger charge is 2.36. The number of carbonyl (C=O) groups is 3. The summed E-state index contributed by atoms with van der Waals surface area (Å²) in [4.78, 5) is 37.0. The minimum Gasteiger partial charge on any atom is -0.478 e. The monoisotopic (exact) mass is 392 g/mol. The van der Waals surface area contributed by atoms with Crippen molar-refractivity contribution in [1.82, 2.24) is 0 Å². The summed E-state index contributed by atoms with van der Waals surface area (Å²) in [5, 5.41) is 12.2. The summed E-state index contributed by atoms with van der Waals surface area (Å²) in [6.45, 7) is 0.192. The van der Waals surface area contributed by atoms with Gasteiger partial charge in [0.2, 0.25) is 11.8 Å². The van der Waals surface area contributed by atoms with Gasteiger partial charge in [0.1, 0.15) is 0 Å². The Morgan fingerprint density at radius 3 is 2.46 bits per heavy atom. The lowest BCUT2D eigenvalue weighted by molar-refractivity contribution is -0.122. The second-order valence-electron chi connectivity index (χ2n) is 5.85. The number of carboxylic acid groups (broad SMARTS) is 1. The Morgan fingerprint density at radius 2 is 1.81 bits per heavy atom. The van der Waals surface area contributed by atoms with Crippen LogP contribution in [0.1, 0.15) is 16.8 Å². The molecule has 2 aromatic rings. The SMILES string of the molecule is O=C(O)c1ccc(NC(=O)[C@@H]2CC(=O)N(c3cccc(Cl)c3Cl)C2)cc1. The number of amides is 2. The zero-order valence-electron chi connectivity index (χ0n) is 13.4. The molecule has 0 spiro atoms. The number of aromatic carboxylic acids is 1. The Bertz CT molecular complexity index is 883. The van der Waals surface area contributed by atoms with Crippen molar-refractivity contribution in [3.63, 3.8) is 0 Å². The zero-order valence-corrected chi connectivity index (χ0v) is 14.9. The third-order valence-corrected chi connectivity index (χ3v) is 4.93. The van der Waals surface area contributed by atoms with Gasteiger partial charge < -0.3 is 15.3 Å². The molecule has 2 aromatic carbocycles. The second-order valence-corrected chi connectivity index (χ2v) is 6.64. The summed E-state index contributed by atoms with van der Waals surface area (Å²) in [6.07, 6.45) is 0.0574. The van der Waals surface area contributed by atoms with Crippen LogP contribution in [0.4, 0.5) is 11.4 Å². The molecule has 3 rings (SSSR count). The van der Waals surface area contributed by atoms with Crippen molar-refractivity contribution in [1.29, 1.82) is 0 Å². The van der Waals surface area contributed by atoms with E-state index in [9.17, 15) is 14.4 Å². The van der Waals surface area contributed by atoms with E-state index in [1.807, 2.05) is 0 Å². The third kappa shape index (κ3) is 3.66. The van der Waals surface area contributed by atoms with Crippen LogP contribution in [0.2, 0.25) is 10.0 Å². The van der Waals surface area contributed by atoms with E-state index >= 15 is 0 Å². The molecule has 1 aliphatic rings. The Balaban J connectivity index is 1.71. The van der Waals surface area contributed by atoms with E-state index in [0.29, 0.717) is 16.4 Å². The van der Waals surface area contributed by atoms with Crippen LogP contribution < -0.4 is 10.2 Å². The summed E-state index contributed by atoms with van der Waals surface area (Å²) in [5.41, 5.74) is 1.07. The van der Waals surface area contributed by atoms with Crippen LogP contribution in [-0.4, -0.2) is 29.4 Å². The van der Waals surface area contributed by atoms with Gasteiger partial charge in [0.05, 0.1) is 27.2 Å². The van der Waals surface area contributed by atoms with E-state index in [2.05, 4.69) is 5.32 Å². The average Bonchev–Trinajstić information content (AvgIpc) is 2.99. The van der Waals surface area contributed by atoms with Gasteiger partial charge in [0.15, 0.2) is 0 Å². The largest absolute Gasteiger partial charge is 0.478 e. The Morgan fingerprint density at radius 1 is 1.12 bits per heavy atom. The third-order valence-electron chi connectivity index (χ3n) is 4.12. The van der Waals surface area contributed by atoms with Crippen molar-refractivity contribution in [2.45, 2.75) is 6.42 Å². The molecule has 0 saturated carbocycles. The number of rotatable bonds is 4. The van der Waals surface area contributed by atoms with Gasteiger partial charge in [-0.25, -0.2) is 4.79 Å². The van der Waals surface area contributed by atoms with Crippen molar-refractivity contribution in [3.05, 3.63) is 58.1 Å². The maximum atomic E-state index is 12.4. The van der Waals surface area contributed by atoms with Crippen molar-refractivity contribution >= 4 is 52.4 Å². The lowest BCUT2D eigenvalue weighted by Crippen LogP contribution is -2.28. The molecule has 0 radical (unpaired) electrons. The fraction of sp³-hybridized carbons (Fsp3) is 0.167. The van der Waals surface area contributed by atoms with Crippen LogP contribution in [-0.2, 0) is 9.59 Å². The molecule has 1 heterocycles. The first kappa shape index (κ1) is 18.2. The molecule has 0 aliphatic carbocycles. The van der Waals surface area contributed by atoms with Gasteiger partial charge in [-0.15, -0.1) is 0 Å². The van der Waals surface area contributed by atoms with Gasteiger partial charge >= 0.3 is 5.97 Å². The van der Waals surface area contributed by atoms with E-state index < -0.39 is 11.9 Å².